The first-order valence-corrected chi connectivity index (χ1v) is 9.91. The van der Waals surface area contributed by atoms with E-state index in [1.807, 2.05) is 19.9 Å². The molecule has 3 rings (SSSR count). The van der Waals surface area contributed by atoms with E-state index in [0.717, 1.165) is 15.2 Å². The molecule has 0 saturated heterocycles. The van der Waals surface area contributed by atoms with Gasteiger partial charge in [0.1, 0.15) is 23.2 Å². The number of ether oxygens (including phenoxy) is 1. The number of methoxy groups -OCH3 is 1. The van der Waals surface area contributed by atoms with Crippen molar-refractivity contribution in [2.24, 2.45) is 5.92 Å². The fourth-order valence-corrected chi connectivity index (χ4v) is 3.73. The molecular weight excluding hydrogens is 451 g/mol. The molecule has 1 aromatic heterocycles. The maximum Gasteiger partial charge on any atom is 0.407 e. The summed E-state index contributed by atoms with van der Waals surface area (Å²) in [6.45, 7) is 3.66. The number of esters is 1. The van der Waals surface area contributed by atoms with Crippen LogP contribution >= 0.6 is 15.9 Å². The third-order valence-corrected chi connectivity index (χ3v) is 5.17. The van der Waals surface area contributed by atoms with Crippen LogP contribution < -0.4 is 5.32 Å². The molecular formula is C21H21BrF3NO3. The summed E-state index contributed by atoms with van der Waals surface area (Å²) in [5.41, 5.74) is 0.912. The Morgan fingerprint density at radius 1 is 1.14 bits per heavy atom. The van der Waals surface area contributed by atoms with Crippen molar-refractivity contribution in [3.05, 3.63) is 46.4 Å². The first-order valence-electron chi connectivity index (χ1n) is 9.12. The van der Waals surface area contributed by atoms with Crippen LogP contribution in [0.25, 0.3) is 21.9 Å². The quantitative estimate of drug-likeness (QED) is 0.439. The fourth-order valence-electron chi connectivity index (χ4n) is 3.37. The topological polar surface area (TPSA) is 51.5 Å². The minimum absolute atomic E-state index is 0.0109. The summed E-state index contributed by atoms with van der Waals surface area (Å²) in [4.78, 5) is 12.0. The highest BCUT2D eigenvalue weighted by molar-refractivity contribution is 9.10. The molecule has 0 fully saturated rings. The first kappa shape index (κ1) is 21.6. The number of carbonyl (C=O) groups is 1. The fraction of sp³-hybridized carbons (Fsp3) is 0.381. The SMILES string of the molecule is COC(=O)C(CC(C)C)NC(c1ccc2c(c1)oc1ccc(Br)cc12)C(F)(F)F. The molecule has 2 unspecified atom stereocenters. The molecule has 1 N–H and O–H groups in total. The van der Waals surface area contributed by atoms with Gasteiger partial charge < -0.3 is 9.15 Å². The van der Waals surface area contributed by atoms with Gasteiger partial charge in [-0.3, -0.25) is 10.1 Å². The van der Waals surface area contributed by atoms with Crippen LogP contribution in [0, 0.1) is 5.92 Å². The maximum absolute atomic E-state index is 13.9. The van der Waals surface area contributed by atoms with E-state index in [2.05, 4.69) is 21.2 Å². The summed E-state index contributed by atoms with van der Waals surface area (Å²) in [5.74, 6) is -0.709. The number of furan rings is 1. The van der Waals surface area contributed by atoms with Crippen LogP contribution in [0.5, 0.6) is 0 Å². The monoisotopic (exact) mass is 471 g/mol. The molecule has 0 amide bonds. The molecule has 0 bridgehead atoms. The molecule has 0 spiro atoms. The highest BCUT2D eigenvalue weighted by Gasteiger charge is 2.43. The van der Waals surface area contributed by atoms with Gasteiger partial charge in [0.05, 0.1) is 7.11 Å². The summed E-state index contributed by atoms with van der Waals surface area (Å²) in [6, 6.07) is 6.71. The maximum atomic E-state index is 13.9. The molecule has 0 radical (unpaired) electrons. The van der Waals surface area contributed by atoms with Crippen molar-refractivity contribution >= 4 is 43.8 Å². The van der Waals surface area contributed by atoms with E-state index in [0.29, 0.717) is 11.2 Å². The van der Waals surface area contributed by atoms with Crippen LogP contribution in [0.1, 0.15) is 31.9 Å². The normalized spacial score (nSPS) is 14.5. The summed E-state index contributed by atoms with van der Waals surface area (Å²) < 4.78 is 52.9. The predicted octanol–water partition coefficient (Wildman–Crippen LogP) is 6.13. The van der Waals surface area contributed by atoms with Gasteiger partial charge >= 0.3 is 12.1 Å². The van der Waals surface area contributed by atoms with Gasteiger partial charge in [0.15, 0.2) is 0 Å². The van der Waals surface area contributed by atoms with Crippen LogP contribution in [-0.4, -0.2) is 25.3 Å². The van der Waals surface area contributed by atoms with Gasteiger partial charge in [-0.25, -0.2) is 0 Å². The van der Waals surface area contributed by atoms with Crippen LogP contribution in [0.3, 0.4) is 0 Å². The third-order valence-electron chi connectivity index (χ3n) is 4.68. The van der Waals surface area contributed by atoms with E-state index in [1.54, 1.807) is 18.2 Å². The molecule has 2 aromatic carbocycles. The molecule has 8 heteroatoms. The Hall–Kier alpha value is -2.06. The van der Waals surface area contributed by atoms with Gasteiger partial charge in [0.2, 0.25) is 0 Å². The molecule has 0 aliphatic rings. The minimum atomic E-state index is -4.61. The average Bonchev–Trinajstić information content (AvgIpc) is 3.00. The lowest BCUT2D eigenvalue weighted by Gasteiger charge is -2.27. The van der Waals surface area contributed by atoms with Gasteiger partial charge in [-0.1, -0.05) is 41.9 Å². The lowest BCUT2D eigenvalue weighted by Crippen LogP contribution is -2.45. The largest absolute Gasteiger partial charge is 0.468 e. The molecule has 0 aliphatic carbocycles. The number of alkyl halides is 3. The van der Waals surface area contributed by atoms with Gasteiger partial charge in [-0.15, -0.1) is 0 Å². The standard InChI is InChI=1S/C21H21BrF3NO3/c1-11(2)8-16(20(27)28-3)26-19(21(23,24)25)12-4-6-14-15-10-13(22)5-7-17(15)29-18(14)9-12/h4-7,9-11,16,19,26H,8H2,1-3H3. The Morgan fingerprint density at radius 3 is 2.48 bits per heavy atom. The van der Waals surface area contributed by atoms with E-state index in [1.165, 1.54) is 19.2 Å². The van der Waals surface area contributed by atoms with Crippen molar-refractivity contribution in [3.63, 3.8) is 0 Å². The van der Waals surface area contributed by atoms with E-state index in [4.69, 9.17) is 9.15 Å². The van der Waals surface area contributed by atoms with Crippen molar-refractivity contribution in [3.8, 4) is 0 Å². The number of benzene rings is 2. The number of nitrogens with one attached hydrogen (secondary N) is 1. The van der Waals surface area contributed by atoms with Crippen LogP contribution in [-0.2, 0) is 9.53 Å². The molecule has 1 heterocycles. The van der Waals surface area contributed by atoms with E-state index >= 15 is 0 Å². The highest BCUT2D eigenvalue weighted by atomic mass is 79.9. The predicted molar refractivity (Wildman–Crippen MR) is 109 cm³/mol. The third kappa shape index (κ3) is 4.75. The van der Waals surface area contributed by atoms with E-state index in [9.17, 15) is 18.0 Å². The molecule has 0 aliphatic heterocycles. The zero-order valence-electron chi connectivity index (χ0n) is 16.1. The average molecular weight is 472 g/mol. The van der Waals surface area contributed by atoms with Crippen molar-refractivity contribution in [1.82, 2.24) is 5.32 Å². The van der Waals surface area contributed by atoms with Crippen molar-refractivity contribution in [2.75, 3.05) is 7.11 Å². The number of rotatable bonds is 6. The molecule has 4 nitrogen and oxygen atoms in total. The molecule has 3 aromatic rings. The Balaban J connectivity index is 2.03. The molecule has 2 atom stereocenters. The van der Waals surface area contributed by atoms with E-state index in [-0.39, 0.29) is 17.9 Å². The second kappa shape index (κ2) is 8.36. The zero-order valence-corrected chi connectivity index (χ0v) is 17.7. The number of hydrogen-bond donors (Lipinski definition) is 1. The van der Waals surface area contributed by atoms with Crippen LogP contribution in [0.15, 0.2) is 45.3 Å². The summed E-state index contributed by atoms with van der Waals surface area (Å²) >= 11 is 3.39. The number of halogens is 4. The lowest BCUT2D eigenvalue weighted by atomic mass is 9.99. The molecule has 0 saturated carbocycles. The first-order chi connectivity index (χ1) is 13.6. The number of fused-ring (bicyclic) bond motifs is 3. The summed E-state index contributed by atoms with van der Waals surface area (Å²) in [6.07, 6.45) is -4.38. The minimum Gasteiger partial charge on any atom is -0.468 e. The van der Waals surface area contributed by atoms with Gasteiger partial charge in [0.25, 0.3) is 0 Å². The smallest absolute Gasteiger partial charge is 0.407 e. The van der Waals surface area contributed by atoms with Crippen molar-refractivity contribution in [2.45, 2.75) is 38.5 Å². The summed E-state index contributed by atoms with van der Waals surface area (Å²) in [7, 11) is 1.17. The Labute approximate surface area is 174 Å². The van der Waals surface area contributed by atoms with Crippen LogP contribution in [0.2, 0.25) is 0 Å². The second-order valence-corrected chi connectivity index (χ2v) is 8.26. The molecule has 29 heavy (non-hydrogen) atoms. The van der Waals surface area contributed by atoms with Crippen LogP contribution in [0.4, 0.5) is 13.2 Å². The van der Waals surface area contributed by atoms with Gasteiger partial charge in [0, 0.05) is 15.2 Å². The lowest BCUT2D eigenvalue weighted by molar-refractivity contribution is -0.164. The van der Waals surface area contributed by atoms with Crippen molar-refractivity contribution < 1.29 is 27.1 Å². The Bertz CT molecular complexity index is 1030. The van der Waals surface area contributed by atoms with Crippen molar-refractivity contribution in [1.29, 1.82) is 0 Å². The second-order valence-electron chi connectivity index (χ2n) is 7.34. The Kier molecular flexibility index (Phi) is 6.24. The Morgan fingerprint density at radius 2 is 1.86 bits per heavy atom. The summed E-state index contributed by atoms with van der Waals surface area (Å²) in [5, 5.41) is 3.98. The van der Waals surface area contributed by atoms with E-state index < -0.39 is 24.2 Å². The van der Waals surface area contributed by atoms with Gasteiger partial charge in [-0.05, 0) is 42.2 Å². The van der Waals surface area contributed by atoms with Gasteiger partial charge in [-0.2, -0.15) is 13.2 Å². The number of hydrogen-bond acceptors (Lipinski definition) is 4. The zero-order chi connectivity index (χ0) is 21.3. The number of carbonyl (C=O) groups excluding carboxylic acids is 1. The highest BCUT2D eigenvalue weighted by Crippen LogP contribution is 2.37. The molecule has 156 valence electrons.